The van der Waals surface area contributed by atoms with Gasteiger partial charge in [-0.2, -0.15) is 0 Å². The third-order valence-electron chi connectivity index (χ3n) is 5.37. The molecular formula is C22H26ClN3O3. The second-order valence-electron chi connectivity index (χ2n) is 7.61. The zero-order chi connectivity index (χ0) is 20.2. The zero-order valence-corrected chi connectivity index (χ0v) is 17.4. The van der Waals surface area contributed by atoms with Crippen molar-refractivity contribution in [1.82, 2.24) is 14.7 Å². The summed E-state index contributed by atoms with van der Waals surface area (Å²) in [5.41, 5.74) is 2.24. The minimum absolute atomic E-state index is 0.169. The van der Waals surface area contributed by atoms with Crippen LogP contribution in [-0.4, -0.2) is 67.2 Å². The highest BCUT2D eigenvalue weighted by Gasteiger charge is 2.23. The van der Waals surface area contributed by atoms with Gasteiger partial charge in [0.2, 0.25) is 12.7 Å². The molecule has 0 aliphatic carbocycles. The van der Waals surface area contributed by atoms with Crippen molar-refractivity contribution in [3.8, 4) is 11.5 Å². The summed E-state index contributed by atoms with van der Waals surface area (Å²) in [5, 5.41) is 0.740. The number of likely N-dealkylation sites (N-methyl/N-ethyl adjacent to an activating group) is 1. The minimum atomic E-state index is 0.169. The van der Waals surface area contributed by atoms with E-state index in [2.05, 4.69) is 11.0 Å². The summed E-state index contributed by atoms with van der Waals surface area (Å²) < 4.78 is 10.8. The summed E-state index contributed by atoms with van der Waals surface area (Å²) in [4.78, 5) is 19.0. The van der Waals surface area contributed by atoms with Crippen LogP contribution in [0.1, 0.15) is 11.1 Å². The summed E-state index contributed by atoms with van der Waals surface area (Å²) in [5.74, 6) is 1.80. The molecule has 0 atom stereocenters. The monoisotopic (exact) mass is 415 g/mol. The molecule has 0 N–H and O–H groups in total. The highest BCUT2D eigenvalue weighted by Crippen LogP contribution is 2.32. The first-order chi connectivity index (χ1) is 14.1. The number of nitrogens with zero attached hydrogens (tertiary/aromatic N) is 3. The van der Waals surface area contributed by atoms with Crippen LogP contribution in [0.5, 0.6) is 11.5 Å². The molecule has 2 aromatic rings. The van der Waals surface area contributed by atoms with E-state index in [4.69, 9.17) is 21.1 Å². The van der Waals surface area contributed by atoms with Crippen LogP contribution in [0.3, 0.4) is 0 Å². The maximum absolute atomic E-state index is 12.7. The highest BCUT2D eigenvalue weighted by atomic mass is 35.5. The normalized spacial score (nSPS) is 16.4. The van der Waals surface area contributed by atoms with Gasteiger partial charge in [0.1, 0.15) is 0 Å². The summed E-state index contributed by atoms with van der Waals surface area (Å²) >= 11 is 6.22. The Morgan fingerprint density at radius 1 is 1.07 bits per heavy atom. The summed E-state index contributed by atoms with van der Waals surface area (Å²) in [6.45, 7) is 5.45. The number of halogens is 1. The molecule has 2 aliphatic heterocycles. The molecule has 7 heteroatoms. The molecule has 2 heterocycles. The van der Waals surface area contributed by atoms with Crippen LogP contribution >= 0.6 is 11.6 Å². The Balaban J connectivity index is 1.23. The van der Waals surface area contributed by atoms with E-state index in [1.807, 2.05) is 53.2 Å². The van der Waals surface area contributed by atoms with Gasteiger partial charge in [-0.1, -0.05) is 35.9 Å². The molecule has 1 amide bonds. The molecule has 2 aromatic carbocycles. The third kappa shape index (κ3) is 5.01. The summed E-state index contributed by atoms with van der Waals surface area (Å²) in [7, 11) is 1.96. The van der Waals surface area contributed by atoms with Crippen molar-refractivity contribution in [1.29, 1.82) is 0 Å². The van der Waals surface area contributed by atoms with Crippen molar-refractivity contribution in [2.24, 2.45) is 0 Å². The number of hydrogen-bond donors (Lipinski definition) is 0. The molecule has 4 rings (SSSR count). The smallest absolute Gasteiger partial charge is 0.236 e. The first kappa shape index (κ1) is 20.0. The van der Waals surface area contributed by atoms with Gasteiger partial charge in [-0.3, -0.25) is 14.6 Å². The largest absolute Gasteiger partial charge is 0.454 e. The van der Waals surface area contributed by atoms with Gasteiger partial charge in [0.25, 0.3) is 0 Å². The molecule has 6 nitrogen and oxygen atoms in total. The Morgan fingerprint density at radius 2 is 1.83 bits per heavy atom. The number of fused-ring (bicyclic) bond motifs is 1. The molecule has 29 heavy (non-hydrogen) atoms. The van der Waals surface area contributed by atoms with Gasteiger partial charge < -0.3 is 14.4 Å². The molecule has 0 unspecified atom stereocenters. The van der Waals surface area contributed by atoms with E-state index < -0.39 is 0 Å². The average Bonchev–Trinajstić information content (AvgIpc) is 3.18. The first-order valence-electron chi connectivity index (χ1n) is 9.89. The van der Waals surface area contributed by atoms with E-state index in [0.29, 0.717) is 19.9 Å². The minimum Gasteiger partial charge on any atom is -0.454 e. The average molecular weight is 416 g/mol. The van der Waals surface area contributed by atoms with Crippen molar-refractivity contribution < 1.29 is 14.3 Å². The van der Waals surface area contributed by atoms with Gasteiger partial charge in [0.15, 0.2) is 11.5 Å². The summed E-state index contributed by atoms with van der Waals surface area (Å²) in [6.07, 6.45) is 0. The van der Waals surface area contributed by atoms with Crippen molar-refractivity contribution in [2.45, 2.75) is 13.1 Å². The van der Waals surface area contributed by atoms with Gasteiger partial charge in [-0.05, 0) is 36.4 Å². The van der Waals surface area contributed by atoms with E-state index in [0.717, 1.165) is 54.8 Å². The number of hydrogen-bond acceptors (Lipinski definition) is 5. The van der Waals surface area contributed by atoms with Crippen molar-refractivity contribution in [2.75, 3.05) is 46.6 Å². The predicted octanol–water partition coefficient (Wildman–Crippen LogP) is 2.84. The zero-order valence-electron chi connectivity index (χ0n) is 16.6. The van der Waals surface area contributed by atoms with Gasteiger partial charge in [0, 0.05) is 44.3 Å². The molecule has 0 bridgehead atoms. The quantitative estimate of drug-likeness (QED) is 0.726. The summed E-state index contributed by atoms with van der Waals surface area (Å²) in [6, 6.07) is 13.9. The Labute approximate surface area is 176 Å². The lowest BCUT2D eigenvalue weighted by molar-refractivity contribution is -0.134. The van der Waals surface area contributed by atoms with E-state index in [9.17, 15) is 4.79 Å². The number of piperazine rings is 1. The van der Waals surface area contributed by atoms with Crippen LogP contribution in [0.15, 0.2) is 42.5 Å². The van der Waals surface area contributed by atoms with E-state index in [-0.39, 0.29) is 5.91 Å². The van der Waals surface area contributed by atoms with Crippen molar-refractivity contribution in [3.05, 3.63) is 58.6 Å². The lowest BCUT2D eigenvalue weighted by Crippen LogP contribution is -2.50. The topological polar surface area (TPSA) is 45.3 Å². The van der Waals surface area contributed by atoms with E-state index in [1.165, 1.54) is 5.56 Å². The molecule has 1 saturated heterocycles. The third-order valence-corrected chi connectivity index (χ3v) is 5.74. The van der Waals surface area contributed by atoms with E-state index in [1.54, 1.807) is 0 Å². The van der Waals surface area contributed by atoms with Gasteiger partial charge in [0.05, 0.1) is 6.54 Å². The molecule has 0 radical (unpaired) electrons. The van der Waals surface area contributed by atoms with Crippen LogP contribution in [-0.2, 0) is 17.9 Å². The predicted molar refractivity (Wildman–Crippen MR) is 112 cm³/mol. The second-order valence-corrected chi connectivity index (χ2v) is 8.02. The van der Waals surface area contributed by atoms with Crippen molar-refractivity contribution in [3.63, 3.8) is 0 Å². The molecule has 0 spiro atoms. The maximum atomic E-state index is 12.7. The lowest BCUT2D eigenvalue weighted by Gasteiger charge is -2.35. The van der Waals surface area contributed by atoms with Crippen LogP contribution in [0.4, 0.5) is 0 Å². The number of rotatable bonds is 6. The van der Waals surface area contributed by atoms with E-state index >= 15 is 0 Å². The molecule has 1 fully saturated rings. The SMILES string of the molecule is CN(CC(=O)N1CCN(Cc2ccc3c(c2)OCO3)CC1)Cc1ccccc1Cl. The van der Waals surface area contributed by atoms with Crippen LogP contribution in [0.2, 0.25) is 5.02 Å². The molecule has 154 valence electrons. The molecule has 0 saturated carbocycles. The Hall–Kier alpha value is -2.28. The van der Waals surface area contributed by atoms with Crippen LogP contribution in [0, 0.1) is 0 Å². The number of carbonyl (C=O) groups is 1. The standard InChI is InChI=1S/C22H26ClN3O3/c1-24(14-18-4-2-3-5-19(18)23)15-22(27)26-10-8-25(9-11-26)13-17-6-7-20-21(12-17)29-16-28-20/h2-7,12H,8-11,13-16H2,1H3. The van der Waals surface area contributed by atoms with Crippen LogP contribution in [0.25, 0.3) is 0 Å². The molecular weight excluding hydrogens is 390 g/mol. The fourth-order valence-electron chi connectivity index (χ4n) is 3.76. The van der Waals surface area contributed by atoms with Crippen LogP contribution < -0.4 is 9.47 Å². The van der Waals surface area contributed by atoms with Gasteiger partial charge in [-0.15, -0.1) is 0 Å². The Morgan fingerprint density at radius 3 is 2.62 bits per heavy atom. The van der Waals surface area contributed by atoms with Gasteiger partial charge >= 0.3 is 0 Å². The first-order valence-corrected chi connectivity index (χ1v) is 10.3. The fraction of sp³-hybridized carbons (Fsp3) is 0.409. The number of ether oxygens (including phenoxy) is 2. The number of amides is 1. The second kappa shape index (κ2) is 9.03. The Bertz CT molecular complexity index is 868. The Kier molecular flexibility index (Phi) is 6.23. The molecule has 0 aromatic heterocycles. The van der Waals surface area contributed by atoms with Gasteiger partial charge in [-0.25, -0.2) is 0 Å². The maximum Gasteiger partial charge on any atom is 0.236 e. The van der Waals surface area contributed by atoms with Crippen molar-refractivity contribution >= 4 is 17.5 Å². The number of carbonyl (C=O) groups excluding carboxylic acids is 1. The molecule has 2 aliphatic rings. The number of benzene rings is 2. The lowest BCUT2D eigenvalue weighted by atomic mass is 10.1. The fourth-order valence-corrected chi connectivity index (χ4v) is 3.95. The highest BCUT2D eigenvalue weighted by molar-refractivity contribution is 6.31.